The van der Waals surface area contributed by atoms with Crippen molar-refractivity contribution in [2.24, 2.45) is 16.8 Å². The second-order valence-corrected chi connectivity index (χ2v) is 7.52. The van der Waals surface area contributed by atoms with Gasteiger partial charge in [-0.3, -0.25) is 9.88 Å². The number of benzene rings is 1. The van der Waals surface area contributed by atoms with Crippen molar-refractivity contribution in [1.82, 2.24) is 9.88 Å². The lowest BCUT2D eigenvalue weighted by Crippen LogP contribution is -2.60. The van der Waals surface area contributed by atoms with Gasteiger partial charge >= 0.3 is 0 Å². The number of ether oxygens (including phenoxy) is 1. The van der Waals surface area contributed by atoms with Crippen LogP contribution in [0, 0.1) is 11.8 Å². The number of aromatic nitrogens is 1. The zero-order chi connectivity index (χ0) is 19.0. The number of aliphatic hydroxyl groups is 1. The summed E-state index contributed by atoms with van der Waals surface area (Å²) in [5, 5.41) is 14.8. The molecule has 3 saturated heterocycles. The lowest BCUT2D eigenvalue weighted by Gasteiger charge is -2.53. The fraction of sp³-hybridized carbons (Fsp3) is 0.429. The molecule has 3 aliphatic rings. The molecule has 3 fully saturated rings. The largest absolute Gasteiger partial charge is 0.497 e. The number of rotatable bonds is 5. The molecule has 1 aromatic heterocycles. The maximum atomic E-state index is 11.3. The van der Waals surface area contributed by atoms with Gasteiger partial charge in [0.05, 0.1) is 29.9 Å². The summed E-state index contributed by atoms with van der Waals surface area (Å²) in [6.07, 6.45) is 4.03. The first-order valence-corrected chi connectivity index (χ1v) is 9.61. The molecule has 0 amide bonds. The van der Waals surface area contributed by atoms with Crippen LogP contribution in [0.5, 0.6) is 5.75 Å². The molecule has 0 saturated carbocycles. The van der Waals surface area contributed by atoms with Gasteiger partial charge < -0.3 is 9.84 Å². The van der Waals surface area contributed by atoms with E-state index in [-0.39, 0.29) is 12.1 Å². The minimum Gasteiger partial charge on any atom is -0.497 e. The highest BCUT2D eigenvalue weighted by atomic mass is 32.1. The minimum absolute atomic E-state index is 0.0413. The van der Waals surface area contributed by atoms with Crippen LogP contribution in [-0.4, -0.2) is 52.4 Å². The number of methoxy groups -OCH3 is 1. The zero-order valence-electron chi connectivity index (χ0n) is 15.3. The van der Waals surface area contributed by atoms with E-state index in [4.69, 9.17) is 17.0 Å². The van der Waals surface area contributed by atoms with Crippen molar-refractivity contribution in [2.45, 2.75) is 24.6 Å². The smallest absolute Gasteiger partial charge is 0.119 e. The molecule has 2 aromatic rings. The number of pyridine rings is 1. The minimum atomic E-state index is -0.603. The number of nitrogens with zero attached hydrogens (tertiary/aromatic N) is 3. The van der Waals surface area contributed by atoms with Crippen molar-refractivity contribution < 1.29 is 9.84 Å². The quantitative estimate of drug-likeness (QED) is 0.489. The molecule has 1 aromatic carbocycles. The molecule has 5 nitrogen and oxygen atoms in total. The Morgan fingerprint density at radius 2 is 2.30 bits per heavy atom. The Hall–Kier alpha value is -2.11. The van der Waals surface area contributed by atoms with Crippen molar-refractivity contribution in [3.05, 3.63) is 48.7 Å². The summed E-state index contributed by atoms with van der Waals surface area (Å²) in [5.41, 5.74) is 1.75. The highest BCUT2D eigenvalue weighted by Gasteiger charge is 2.47. The normalized spacial score (nSPS) is 30.5. The summed E-state index contributed by atoms with van der Waals surface area (Å²) >= 11 is 4.83. The molecule has 0 spiro atoms. The molecule has 0 aliphatic carbocycles. The van der Waals surface area contributed by atoms with Gasteiger partial charge in [0.25, 0.3) is 0 Å². The van der Waals surface area contributed by atoms with Crippen molar-refractivity contribution in [1.29, 1.82) is 0 Å². The van der Waals surface area contributed by atoms with Crippen molar-refractivity contribution >= 4 is 28.3 Å². The first-order valence-electron chi connectivity index (χ1n) is 9.20. The van der Waals surface area contributed by atoms with Gasteiger partial charge in [-0.25, -0.2) is 4.99 Å². The SMILES string of the molecule is C=C[C@H]1CN2CC(N=C=S)[C@@H]1C[C@H]2[C@H](O)c1ccnc2ccc(OC)cc12. The van der Waals surface area contributed by atoms with Gasteiger partial charge in [-0.1, -0.05) is 6.08 Å². The van der Waals surface area contributed by atoms with E-state index in [0.29, 0.717) is 11.8 Å². The third-order valence-electron chi connectivity index (χ3n) is 6.08. The first-order chi connectivity index (χ1) is 13.2. The number of hydrogen-bond acceptors (Lipinski definition) is 6. The summed E-state index contributed by atoms with van der Waals surface area (Å²) in [4.78, 5) is 11.1. The topological polar surface area (TPSA) is 58.0 Å². The molecule has 1 N–H and O–H groups in total. The number of isothiocyanates is 1. The highest BCUT2D eigenvalue weighted by molar-refractivity contribution is 7.78. The second-order valence-electron chi connectivity index (χ2n) is 7.34. The van der Waals surface area contributed by atoms with E-state index in [1.165, 1.54) is 0 Å². The van der Waals surface area contributed by atoms with Gasteiger partial charge in [0.1, 0.15) is 5.75 Å². The molecule has 2 unspecified atom stereocenters. The predicted molar refractivity (Wildman–Crippen MR) is 109 cm³/mol. The van der Waals surface area contributed by atoms with E-state index in [1.807, 2.05) is 30.3 Å². The molecule has 6 heteroatoms. The van der Waals surface area contributed by atoms with Crippen LogP contribution in [0.2, 0.25) is 0 Å². The van der Waals surface area contributed by atoms with Crippen LogP contribution in [-0.2, 0) is 0 Å². The predicted octanol–water partition coefficient (Wildman–Crippen LogP) is 3.25. The number of hydrogen-bond donors (Lipinski definition) is 1. The Bertz CT molecular complexity index is 911. The summed E-state index contributed by atoms with van der Waals surface area (Å²) in [6.45, 7) is 5.68. The Morgan fingerprint density at radius 1 is 1.44 bits per heavy atom. The van der Waals surface area contributed by atoms with Crippen LogP contribution in [0.4, 0.5) is 0 Å². The number of fused-ring (bicyclic) bond motifs is 4. The molecule has 3 aliphatic heterocycles. The number of aliphatic hydroxyl groups excluding tert-OH is 1. The fourth-order valence-corrected chi connectivity index (χ4v) is 4.83. The Morgan fingerprint density at radius 3 is 3.00 bits per heavy atom. The second kappa shape index (κ2) is 7.49. The van der Waals surface area contributed by atoms with Gasteiger partial charge in [0, 0.05) is 30.7 Å². The summed E-state index contributed by atoms with van der Waals surface area (Å²) in [6, 6.07) is 7.85. The summed E-state index contributed by atoms with van der Waals surface area (Å²) in [7, 11) is 1.64. The first kappa shape index (κ1) is 18.3. The molecule has 5 rings (SSSR count). The maximum Gasteiger partial charge on any atom is 0.119 e. The average molecular weight is 382 g/mol. The monoisotopic (exact) mass is 381 g/mol. The number of piperidine rings is 3. The van der Waals surface area contributed by atoms with Crippen LogP contribution in [0.15, 0.2) is 48.1 Å². The molecule has 27 heavy (non-hydrogen) atoms. The van der Waals surface area contributed by atoms with Gasteiger partial charge in [-0.05, 0) is 60.3 Å². The lowest BCUT2D eigenvalue weighted by molar-refractivity contribution is -0.0536. The Labute approximate surface area is 164 Å². The fourth-order valence-electron chi connectivity index (χ4n) is 4.69. The van der Waals surface area contributed by atoms with E-state index >= 15 is 0 Å². The molecular formula is C21H23N3O2S. The third kappa shape index (κ3) is 3.19. The molecule has 140 valence electrons. The highest BCUT2D eigenvalue weighted by Crippen LogP contribution is 2.43. The van der Waals surface area contributed by atoms with Gasteiger partial charge in [-0.15, -0.1) is 6.58 Å². The van der Waals surface area contributed by atoms with Gasteiger partial charge in [-0.2, -0.15) is 0 Å². The Balaban J connectivity index is 1.68. The van der Waals surface area contributed by atoms with Crippen molar-refractivity contribution in [2.75, 3.05) is 20.2 Å². The third-order valence-corrected chi connectivity index (χ3v) is 6.19. The van der Waals surface area contributed by atoms with Crippen LogP contribution in [0.25, 0.3) is 10.9 Å². The standard InChI is InChI=1S/C21H23N3O2S/c1-3-13-10-24-11-19(23-12-27)16(13)9-20(24)21(25)15-6-7-22-18-5-4-14(26-2)8-17(15)18/h3-8,13,16,19-21,25H,1,9-11H2,2H3/t13-,16+,19?,20-,21+/m0/s1. The van der Waals surface area contributed by atoms with Crippen LogP contribution in [0.3, 0.4) is 0 Å². The van der Waals surface area contributed by atoms with Gasteiger partial charge in [0.15, 0.2) is 0 Å². The van der Waals surface area contributed by atoms with E-state index in [0.717, 1.165) is 41.7 Å². The van der Waals surface area contributed by atoms with E-state index in [9.17, 15) is 5.11 Å². The Kier molecular flexibility index (Phi) is 5.06. The van der Waals surface area contributed by atoms with Crippen LogP contribution >= 0.6 is 12.2 Å². The van der Waals surface area contributed by atoms with E-state index < -0.39 is 6.10 Å². The van der Waals surface area contributed by atoms with E-state index in [1.54, 1.807) is 13.3 Å². The van der Waals surface area contributed by atoms with E-state index in [2.05, 4.69) is 26.6 Å². The number of aliphatic imine (C=N–C) groups is 1. The molecule has 4 heterocycles. The summed E-state index contributed by atoms with van der Waals surface area (Å²) < 4.78 is 5.36. The number of thiocarbonyl (C=S) groups is 1. The molecular weight excluding hydrogens is 358 g/mol. The maximum absolute atomic E-state index is 11.3. The zero-order valence-corrected chi connectivity index (χ0v) is 16.1. The van der Waals surface area contributed by atoms with Crippen LogP contribution < -0.4 is 4.74 Å². The van der Waals surface area contributed by atoms with Crippen molar-refractivity contribution in [3.63, 3.8) is 0 Å². The average Bonchev–Trinajstić information content (AvgIpc) is 2.72. The molecule has 2 bridgehead atoms. The summed E-state index contributed by atoms with van der Waals surface area (Å²) in [5.74, 6) is 1.47. The van der Waals surface area contributed by atoms with Crippen LogP contribution in [0.1, 0.15) is 18.1 Å². The van der Waals surface area contributed by atoms with Gasteiger partial charge in [0.2, 0.25) is 0 Å². The van der Waals surface area contributed by atoms with Crippen molar-refractivity contribution in [3.8, 4) is 5.75 Å². The molecule has 0 radical (unpaired) electrons. The molecule has 6 atom stereocenters. The lowest BCUT2D eigenvalue weighted by atomic mass is 9.71.